The normalized spacial score (nSPS) is 32.5. The maximum absolute atomic E-state index is 11.6. The summed E-state index contributed by atoms with van der Waals surface area (Å²) >= 11 is 0. The van der Waals surface area contributed by atoms with E-state index < -0.39 is 17.1 Å². The number of likely N-dealkylation sites (tertiary alicyclic amines) is 1. The number of pyridine rings is 1. The molecule has 1 amide bonds. The predicted octanol–water partition coefficient (Wildman–Crippen LogP) is 1.70. The maximum atomic E-state index is 11.6. The molecule has 7 heteroatoms. The van der Waals surface area contributed by atoms with Crippen LogP contribution < -0.4 is 5.73 Å². The van der Waals surface area contributed by atoms with Gasteiger partial charge in [0.25, 0.3) is 5.91 Å². The first-order chi connectivity index (χ1) is 12.0. The van der Waals surface area contributed by atoms with Crippen LogP contribution in [-0.2, 0) is 10.3 Å². The second-order valence-electron chi connectivity index (χ2n) is 8.03. The average molecular weight is 382 g/mol. The number of amides is 1. The smallest absolute Gasteiger partial charge is 0.267 e. The number of ether oxygens (including phenoxy) is 1. The van der Waals surface area contributed by atoms with Gasteiger partial charge in [-0.25, -0.2) is 0 Å². The number of nitrogens with zero attached hydrogens (tertiary/aromatic N) is 2. The molecule has 2 heterocycles. The van der Waals surface area contributed by atoms with Gasteiger partial charge in [0.15, 0.2) is 0 Å². The Morgan fingerprint density at radius 1 is 1.38 bits per heavy atom. The quantitative estimate of drug-likeness (QED) is 0.810. The van der Waals surface area contributed by atoms with Crippen molar-refractivity contribution in [3.8, 4) is 0 Å². The van der Waals surface area contributed by atoms with E-state index in [1.54, 1.807) is 19.4 Å². The van der Waals surface area contributed by atoms with E-state index in [0.717, 1.165) is 50.9 Å². The first kappa shape index (κ1) is 19.5. The number of aromatic nitrogens is 1. The van der Waals surface area contributed by atoms with Crippen molar-refractivity contribution in [1.82, 2.24) is 9.88 Å². The van der Waals surface area contributed by atoms with Crippen LogP contribution in [0, 0.1) is 11.8 Å². The van der Waals surface area contributed by atoms with Gasteiger partial charge in [0.2, 0.25) is 0 Å². The van der Waals surface area contributed by atoms with Crippen LogP contribution in [0.3, 0.4) is 0 Å². The summed E-state index contributed by atoms with van der Waals surface area (Å²) in [5.74, 6) is 0.178. The summed E-state index contributed by atoms with van der Waals surface area (Å²) in [6.45, 7) is 2.60. The topological polar surface area (TPSA) is 88.7 Å². The first-order valence-corrected chi connectivity index (χ1v) is 9.23. The fourth-order valence-electron chi connectivity index (χ4n) is 5.10. The van der Waals surface area contributed by atoms with Gasteiger partial charge in [0.1, 0.15) is 11.3 Å². The number of aliphatic hydroxyl groups is 1. The highest BCUT2D eigenvalue weighted by Crippen LogP contribution is 2.52. The molecule has 2 aliphatic carbocycles. The molecule has 26 heavy (non-hydrogen) atoms. The Balaban J connectivity index is 0.00000196. The number of methoxy groups -OCH3 is 1. The summed E-state index contributed by atoms with van der Waals surface area (Å²) in [7, 11) is 1.78. The largest absolute Gasteiger partial charge is 0.389 e. The fraction of sp³-hybridized carbons (Fsp3) is 0.684. The van der Waals surface area contributed by atoms with E-state index in [4.69, 9.17) is 10.5 Å². The van der Waals surface area contributed by atoms with Crippen molar-refractivity contribution in [1.29, 1.82) is 0 Å². The fourth-order valence-corrected chi connectivity index (χ4v) is 5.10. The summed E-state index contributed by atoms with van der Waals surface area (Å²) in [4.78, 5) is 18.1. The van der Waals surface area contributed by atoms with Gasteiger partial charge in [0.05, 0.1) is 5.60 Å². The lowest BCUT2D eigenvalue weighted by Gasteiger charge is -2.55. The van der Waals surface area contributed by atoms with Gasteiger partial charge in [-0.1, -0.05) is 6.42 Å². The third kappa shape index (κ3) is 3.24. The molecule has 3 atom stereocenters. The van der Waals surface area contributed by atoms with E-state index in [9.17, 15) is 9.90 Å². The van der Waals surface area contributed by atoms with E-state index in [1.165, 1.54) is 6.42 Å². The van der Waals surface area contributed by atoms with Crippen LogP contribution in [0.5, 0.6) is 0 Å². The van der Waals surface area contributed by atoms with Gasteiger partial charge in [-0.2, -0.15) is 0 Å². The molecule has 3 aliphatic rings. The molecule has 1 aliphatic heterocycles. The average Bonchev–Trinajstić information content (AvgIpc) is 3.31. The van der Waals surface area contributed by atoms with E-state index in [2.05, 4.69) is 9.88 Å². The number of carbonyl (C=O) groups is 1. The van der Waals surface area contributed by atoms with Gasteiger partial charge in [0, 0.05) is 44.8 Å². The number of β-amino-alcohol motifs (C(OH)–C–C–N with tert-alkyl or cyclic N) is 1. The highest BCUT2D eigenvalue weighted by Gasteiger charge is 2.54. The predicted molar refractivity (Wildman–Crippen MR) is 100 cm³/mol. The molecule has 6 nitrogen and oxygen atoms in total. The molecular weight excluding hydrogens is 354 g/mol. The zero-order valence-corrected chi connectivity index (χ0v) is 16.0. The van der Waals surface area contributed by atoms with Crippen LogP contribution >= 0.6 is 12.4 Å². The van der Waals surface area contributed by atoms with Crippen molar-refractivity contribution in [2.45, 2.75) is 43.3 Å². The zero-order valence-electron chi connectivity index (χ0n) is 15.2. The van der Waals surface area contributed by atoms with Gasteiger partial charge in [-0.15, -0.1) is 12.4 Å². The molecule has 0 aromatic carbocycles. The van der Waals surface area contributed by atoms with E-state index in [0.29, 0.717) is 17.5 Å². The lowest BCUT2D eigenvalue weighted by molar-refractivity contribution is -0.172. The van der Waals surface area contributed by atoms with E-state index in [1.807, 2.05) is 6.07 Å². The summed E-state index contributed by atoms with van der Waals surface area (Å²) in [5, 5.41) is 10.3. The molecule has 3 N–H and O–H groups in total. The zero-order chi connectivity index (χ0) is 17.7. The summed E-state index contributed by atoms with van der Waals surface area (Å²) in [6, 6.07) is 3.77. The van der Waals surface area contributed by atoms with Crippen LogP contribution in [0.4, 0.5) is 0 Å². The SMILES string of the molecule is COC1(c2ccnc(C(N)=O)c2)[C@@H]2CCC[C@H]1CN(CC1(O)CC1)C2.Cl. The lowest BCUT2D eigenvalue weighted by Crippen LogP contribution is -2.60. The maximum Gasteiger partial charge on any atom is 0.267 e. The molecule has 4 rings (SSSR count). The van der Waals surface area contributed by atoms with Crippen molar-refractivity contribution >= 4 is 18.3 Å². The Bertz CT molecular complexity index is 666. The molecule has 3 fully saturated rings. The standard InChI is InChI=1S/C19H27N3O3.ClH/c1-25-19(13-5-8-21-16(9-13)17(20)23)14-3-2-4-15(19)11-22(10-14)12-18(24)6-7-18;/h5,8-9,14-15,24H,2-4,6-7,10-12H2,1H3,(H2,20,23);1H/t14-,15+,19?;. The van der Waals surface area contributed by atoms with Crippen LogP contribution in [0.25, 0.3) is 0 Å². The Hall–Kier alpha value is -1.21. The van der Waals surface area contributed by atoms with Crippen molar-refractivity contribution in [2.24, 2.45) is 17.6 Å². The third-order valence-corrected chi connectivity index (χ3v) is 6.42. The Labute approximate surface area is 160 Å². The molecule has 1 saturated heterocycles. The number of piperidine rings is 1. The molecule has 2 bridgehead atoms. The van der Waals surface area contributed by atoms with Crippen LogP contribution in [-0.4, -0.2) is 53.2 Å². The minimum Gasteiger partial charge on any atom is -0.389 e. The second kappa shape index (κ2) is 7.08. The molecule has 1 aromatic rings. The number of hydrogen-bond acceptors (Lipinski definition) is 5. The number of hydrogen-bond donors (Lipinski definition) is 2. The highest BCUT2D eigenvalue weighted by molar-refractivity contribution is 5.90. The Morgan fingerprint density at radius 2 is 2.04 bits per heavy atom. The summed E-state index contributed by atoms with van der Waals surface area (Å²) in [6.07, 6.45) is 6.87. The number of primary amides is 1. The molecule has 144 valence electrons. The summed E-state index contributed by atoms with van der Waals surface area (Å²) in [5.41, 5.74) is 5.88. The van der Waals surface area contributed by atoms with Crippen molar-refractivity contribution in [2.75, 3.05) is 26.7 Å². The number of carbonyl (C=O) groups excluding carboxylic acids is 1. The third-order valence-electron chi connectivity index (χ3n) is 6.42. The van der Waals surface area contributed by atoms with E-state index >= 15 is 0 Å². The van der Waals surface area contributed by atoms with Gasteiger partial charge >= 0.3 is 0 Å². The molecule has 1 unspecified atom stereocenters. The monoisotopic (exact) mass is 381 g/mol. The van der Waals surface area contributed by atoms with Gasteiger partial charge in [-0.3, -0.25) is 14.7 Å². The first-order valence-electron chi connectivity index (χ1n) is 9.23. The van der Waals surface area contributed by atoms with Crippen molar-refractivity contribution < 1.29 is 14.6 Å². The molecule has 0 spiro atoms. The van der Waals surface area contributed by atoms with Gasteiger partial charge in [-0.05, 0) is 43.4 Å². The number of nitrogens with two attached hydrogens (primary N) is 1. The number of fused-ring (bicyclic) bond motifs is 2. The van der Waals surface area contributed by atoms with Crippen molar-refractivity contribution in [3.63, 3.8) is 0 Å². The lowest BCUT2D eigenvalue weighted by atomic mass is 9.62. The van der Waals surface area contributed by atoms with Crippen molar-refractivity contribution in [3.05, 3.63) is 29.6 Å². The van der Waals surface area contributed by atoms with Gasteiger partial charge < -0.3 is 15.6 Å². The second-order valence-corrected chi connectivity index (χ2v) is 8.03. The highest BCUT2D eigenvalue weighted by atomic mass is 35.5. The van der Waals surface area contributed by atoms with Crippen LogP contribution in [0.2, 0.25) is 0 Å². The number of rotatable bonds is 5. The number of halogens is 1. The minimum absolute atomic E-state index is 0. The Morgan fingerprint density at radius 3 is 2.58 bits per heavy atom. The molecule has 2 saturated carbocycles. The molecule has 0 radical (unpaired) electrons. The van der Waals surface area contributed by atoms with Crippen LogP contribution in [0.15, 0.2) is 18.3 Å². The van der Waals surface area contributed by atoms with Crippen LogP contribution in [0.1, 0.15) is 48.2 Å². The Kier molecular flexibility index (Phi) is 5.32. The van der Waals surface area contributed by atoms with E-state index in [-0.39, 0.29) is 12.4 Å². The molecule has 1 aromatic heterocycles. The minimum atomic E-state index is -0.508. The summed E-state index contributed by atoms with van der Waals surface area (Å²) < 4.78 is 6.19. The molecular formula is C19H28ClN3O3.